The van der Waals surface area contributed by atoms with Crippen LogP contribution < -0.4 is 4.90 Å². The summed E-state index contributed by atoms with van der Waals surface area (Å²) >= 11 is 2.88. The summed E-state index contributed by atoms with van der Waals surface area (Å²) in [6, 6.07) is 3.65. The first kappa shape index (κ1) is 26.7. The second-order valence-corrected chi connectivity index (χ2v) is 12.6. The molecule has 2 heterocycles. The number of carboxylic acid groups (broad SMARTS) is 1. The van der Waals surface area contributed by atoms with Crippen LogP contribution in [0.25, 0.3) is 0 Å². The maximum absolute atomic E-state index is 14.0. The molecule has 0 atom stereocenters. The van der Waals surface area contributed by atoms with Crippen LogP contribution in [0, 0.1) is 29.6 Å². The van der Waals surface area contributed by atoms with Crippen LogP contribution in [0.15, 0.2) is 29.7 Å². The lowest BCUT2D eigenvalue weighted by Crippen LogP contribution is -2.46. The third kappa shape index (κ3) is 6.68. The van der Waals surface area contributed by atoms with Gasteiger partial charge in [-0.15, -0.1) is 11.3 Å². The van der Waals surface area contributed by atoms with Crippen molar-refractivity contribution in [1.82, 2.24) is 9.97 Å². The van der Waals surface area contributed by atoms with Gasteiger partial charge >= 0.3 is 5.97 Å². The molecule has 0 spiro atoms. The molecule has 4 rings (SSSR count). The minimum Gasteiger partial charge on any atom is -0.477 e. The molecule has 36 heavy (non-hydrogen) atoms. The zero-order valence-electron chi connectivity index (χ0n) is 21.3. The van der Waals surface area contributed by atoms with E-state index in [4.69, 9.17) is 0 Å². The highest BCUT2D eigenvalue weighted by atomic mass is 32.2. The van der Waals surface area contributed by atoms with Crippen molar-refractivity contribution in [3.63, 3.8) is 0 Å². The SMILES string of the molecule is CC(C)C#Cc1cc(N(C(=O)[C@H]2CC[C@H](C)CC2)[C@H]2CC[C@@H](Sc3ncccn3)CC2)c(C(=O)O)s1. The van der Waals surface area contributed by atoms with E-state index >= 15 is 0 Å². The van der Waals surface area contributed by atoms with Crippen molar-refractivity contribution in [2.45, 2.75) is 88.6 Å². The van der Waals surface area contributed by atoms with Gasteiger partial charge in [0.05, 0.1) is 10.6 Å². The van der Waals surface area contributed by atoms with Gasteiger partial charge in [-0.05, 0) is 69.4 Å². The third-order valence-electron chi connectivity index (χ3n) is 7.08. The van der Waals surface area contributed by atoms with Crippen molar-refractivity contribution >= 4 is 40.7 Å². The highest BCUT2D eigenvalue weighted by Crippen LogP contribution is 2.40. The summed E-state index contributed by atoms with van der Waals surface area (Å²) in [6.07, 6.45) is 10.9. The third-order valence-corrected chi connectivity index (χ3v) is 9.33. The second-order valence-electron chi connectivity index (χ2n) is 10.3. The van der Waals surface area contributed by atoms with Gasteiger partial charge in [-0.2, -0.15) is 0 Å². The van der Waals surface area contributed by atoms with Crippen molar-refractivity contribution < 1.29 is 14.7 Å². The number of carboxylic acids is 1. The number of hydrogen-bond donors (Lipinski definition) is 1. The molecule has 2 aliphatic carbocycles. The fraction of sp³-hybridized carbons (Fsp3) is 0.571. The molecular weight excluding hydrogens is 490 g/mol. The molecule has 1 N–H and O–H groups in total. The lowest BCUT2D eigenvalue weighted by Gasteiger charge is -2.39. The van der Waals surface area contributed by atoms with Crippen molar-refractivity contribution in [2.24, 2.45) is 17.8 Å². The van der Waals surface area contributed by atoms with Gasteiger partial charge in [0.1, 0.15) is 4.88 Å². The average Bonchev–Trinajstić information content (AvgIpc) is 3.29. The molecule has 6 nitrogen and oxygen atoms in total. The maximum atomic E-state index is 14.0. The number of carbonyl (C=O) groups excluding carboxylic acids is 1. The van der Waals surface area contributed by atoms with E-state index in [1.165, 1.54) is 11.3 Å². The van der Waals surface area contributed by atoms with Crippen LogP contribution in [0.4, 0.5) is 5.69 Å². The van der Waals surface area contributed by atoms with E-state index in [0.717, 1.165) is 56.5 Å². The van der Waals surface area contributed by atoms with E-state index in [2.05, 4.69) is 28.7 Å². The normalized spacial score (nSPS) is 24.1. The molecule has 2 aromatic rings. The number of hydrogen-bond acceptors (Lipinski definition) is 6. The van der Waals surface area contributed by atoms with Crippen LogP contribution in [-0.2, 0) is 4.79 Å². The largest absolute Gasteiger partial charge is 0.477 e. The molecule has 1 amide bonds. The van der Waals surface area contributed by atoms with Gasteiger partial charge in [-0.25, -0.2) is 14.8 Å². The Labute approximate surface area is 222 Å². The molecule has 2 saturated carbocycles. The van der Waals surface area contributed by atoms with Gasteiger partial charge in [-0.1, -0.05) is 44.4 Å². The first-order chi connectivity index (χ1) is 17.3. The Morgan fingerprint density at radius 2 is 1.75 bits per heavy atom. The van der Waals surface area contributed by atoms with E-state index in [-0.39, 0.29) is 28.7 Å². The molecular formula is C28H35N3O3S2. The van der Waals surface area contributed by atoms with Crippen LogP contribution in [0.5, 0.6) is 0 Å². The predicted octanol–water partition coefficient (Wildman–Crippen LogP) is 6.51. The van der Waals surface area contributed by atoms with Gasteiger partial charge in [0.2, 0.25) is 5.91 Å². The van der Waals surface area contributed by atoms with Crippen LogP contribution >= 0.6 is 23.1 Å². The number of nitrogens with zero attached hydrogens (tertiary/aromatic N) is 3. The first-order valence-electron chi connectivity index (χ1n) is 13.0. The second kappa shape index (κ2) is 12.2. The lowest BCUT2D eigenvalue weighted by molar-refractivity contribution is -0.124. The molecule has 8 heteroatoms. The standard InChI is InChI=1S/C28H35N3O3S2/c1-18(2)5-12-23-17-24(25(35-23)27(33)34)31(26(32)20-8-6-19(3)7-9-20)21-10-13-22(14-11-21)36-28-29-15-4-16-30-28/h4,15-22H,6-11,13-14H2,1-3H3,(H,33,34)/t19-,20-,21-,22+. The summed E-state index contributed by atoms with van der Waals surface area (Å²) in [5.41, 5.74) is 0.534. The van der Waals surface area contributed by atoms with Crippen molar-refractivity contribution in [1.29, 1.82) is 0 Å². The Hall–Kier alpha value is -2.37. The Morgan fingerprint density at radius 3 is 2.36 bits per heavy atom. The number of amides is 1. The molecule has 0 aliphatic heterocycles. The fourth-order valence-corrected chi connectivity index (χ4v) is 7.01. The van der Waals surface area contributed by atoms with Crippen molar-refractivity contribution in [2.75, 3.05) is 4.90 Å². The summed E-state index contributed by atoms with van der Waals surface area (Å²) in [4.78, 5) is 37.7. The Bertz CT molecular complexity index is 1110. The van der Waals surface area contributed by atoms with Gasteiger partial charge in [0, 0.05) is 35.5 Å². The Balaban J connectivity index is 1.60. The van der Waals surface area contributed by atoms with E-state index in [1.807, 2.05) is 30.9 Å². The van der Waals surface area contributed by atoms with E-state index in [9.17, 15) is 14.7 Å². The van der Waals surface area contributed by atoms with Crippen molar-refractivity contribution in [3.05, 3.63) is 34.3 Å². The number of thioether (sulfide) groups is 1. The summed E-state index contributed by atoms with van der Waals surface area (Å²) in [5, 5.41) is 11.2. The quantitative estimate of drug-likeness (QED) is 0.342. The van der Waals surface area contributed by atoms with E-state index in [0.29, 0.717) is 21.7 Å². The molecule has 2 aliphatic rings. The van der Waals surface area contributed by atoms with Crippen LogP contribution in [-0.4, -0.2) is 38.2 Å². The number of aromatic carboxylic acids is 1. The summed E-state index contributed by atoms with van der Waals surface area (Å²) < 4.78 is 0. The number of anilines is 1. The molecule has 0 radical (unpaired) electrons. The molecule has 0 aromatic carbocycles. The molecule has 0 unspecified atom stereocenters. The number of rotatable bonds is 6. The van der Waals surface area contributed by atoms with Crippen LogP contribution in [0.2, 0.25) is 0 Å². The fourth-order valence-electron chi connectivity index (χ4n) is 5.11. The molecule has 192 valence electrons. The zero-order chi connectivity index (χ0) is 25.7. The average molecular weight is 526 g/mol. The first-order valence-corrected chi connectivity index (χ1v) is 14.7. The van der Waals surface area contributed by atoms with Gasteiger partial charge in [-0.3, -0.25) is 4.79 Å². The zero-order valence-corrected chi connectivity index (χ0v) is 22.9. The summed E-state index contributed by atoms with van der Waals surface area (Å²) in [7, 11) is 0. The van der Waals surface area contributed by atoms with E-state index < -0.39 is 5.97 Å². The summed E-state index contributed by atoms with van der Waals surface area (Å²) in [6.45, 7) is 6.27. The van der Waals surface area contributed by atoms with Gasteiger partial charge in [0.15, 0.2) is 5.16 Å². The highest BCUT2D eigenvalue weighted by Gasteiger charge is 2.37. The van der Waals surface area contributed by atoms with Gasteiger partial charge < -0.3 is 10.0 Å². The molecule has 2 aromatic heterocycles. The Morgan fingerprint density at radius 1 is 1.08 bits per heavy atom. The van der Waals surface area contributed by atoms with E-state index in [1.54, 1.807) is 24.2 Å². The smallest absolute Gasteiger partial charge is 0.348 e. The molecule has 0 bridgehead atoms. The van der Waals surface area contributed by atoms with Crippen molar-refractivity contribution in [3.8, 4) is 11.8 Å². The minimum absolute atomic E-state index is 0.0102. The molecule has 2 fully saturated rings. The van der Waals surface area contributed by atoms with Gasteiger partial charge in [0.25, 0.3) is 0 Å². The van der Waals surface area contributed by atoms with Crippen LogP contribution in [0.1, 0.15) is 86.7 Å². The lowest BCUT2D eigenvalue weighted by atomic mass is 9.81. The highest BCUT2D eigenvalue weighted by molar-refractivity contribution is 7.99. The summed E-state index contributed by atoms with van der Waals surface area (Å²) in [5.74, 6) is 6.15. The maximum Gasteiger partial charge on any atom is 0.348 e. The minimum atomic E-state index is -0.992. The molecule has 0 saturated heterocycles. The Kier molecular flexibility index (Phi) is 9.08. The number of aromatic nitrogens is 2. The topological polar surface area (TPSA) is 83.4 Å². The number of carbonyl (C=O) groups is 2. The monoisotopic (exact) mass is 525 g/mol. The number of thiophene rings is 1. The van der Waals surface area contributed by atoms with Crippen LogP contribution in [0.3, 0.4) is 0 Å². The predicted molar refractivity (Wildman–Crippen MR) is 146 cm³/mol.